The van der Waals surface area contributed by atoms with Gasteiger partial charge in [0.1, 0.15) is 11.7 Å². The third-order valence-electron chi connectivity index (χ3n) is 6.16. The second-order valence-electron chi connectivity index (χ2n) is 8.21. The summed E-state index contributed by atoms with van der Waals surface area (Å²) in [5, 5.41) is 3.19. The first-order valence-electron chi connectivity index (χ1n) is 10.8. The molecule has 1 saturated carbocycles. The van der Waals surface area contributed by atoms with E-state index in [0.29, 0.717) is 29.6 Å². The van der Waals surface area contributed by atoms with Crippen LogP contribution in [0, 0.1) is 5.82 Å². The van der Waals surface area contributed by atoms with Gasteiger partial charge < -0.3 is 11.1 Å². The van der Waals surface area contributed by atoms with Crippen LogP contribution in [0.2, 0.25) is 0 Å². The molecule has 29 heavy (non-hydrogen) atoms. The van der Waals surface area contributed by atoms with Crippen molar-refractivity contribution in [2.75, 3.05) is 6.54 Å². The quantitative estimate of drug-likeness (QED) is 0.691. The molecular weight excluding hydrogens is 361 g/mol. The van der Waals surface area contributed by atoms with E-state index in [9.17, 15) is 0 Å². The minimum Gasteiger partial charge on any atom is -0.386 e. The third kappa shape index (κ3) is 4.36. The highest BCUT2D eigenvalue weighted by molar-refractivity contribution is 5.87. The summed E-state index contributed by atoms with van der Waals surface area (Å²) in [5.74, 6) is 0.917. The SMILES string of the molecule is CCCc1ccc(CCc2c(C3CCC3)ccc(C3=CN=C(N)CN3)c2F)cc1. The Kier molecular flexibility index (Phi) is 5.98. The van der Waals surface area contributed by atoms with E-state index in [1.165, 1.54) is 36.0 Å². The van der Waals surface area contributed by atoms with Gasteiger partial charge in [0.05, 0.1) is 18.4 Å². The Morgan fingerprint density at radius 2 is 1.76 bits per heavy atom. The number of hydrogen-bond acceptors (Lipinski definition) is 3. The molecule has 0 unspecified atom stereocenters. The molecule has 2 aromatic carbocycles. The standard InChI is InChI=1S/C25H30FN3/c1-2-4-17-7-9-18(10-8-17)11-12-21-20(19-5-3-6-19)13-14-22(25(21)26)23-15-29-24(27)16-28-23/h7-10,13-15,19,28H,2-6,11-12,16H2,1H3,(H2,27,29). The van der Waals surface area contributed by atoms with Gasteiger partial charge in [0.25, 0.3) is 0 Å². The maximum atomic E-state index is 15.6. The molecular formula is C25H30FN3. The number of halogens is 1. The lowest BCUT2D eigenvalue weighted by atomic mass is 9.76. The molecule has 3 nitrogen and oxygen atoms in total. The summed E-state index contributed by atoms with van der Waals surface area (Å²) in [6.07, 6.45) is 9.04. The number of aryl methyl sites for hydroxylation is 2. The molecule has 1 heterocycles. The second kappa shape index (κ2) is 8.81. The highest BCUT2D eigenvalue weighted by Gasteiger charge is 2.26. The molecule has 2 aromatic rings. The van der Waals surface area contributed by atoms with Crippen LogP contribution in [0.1, 0.15) is 66.3 Å². The lowest BCUT2D eigenvalue weighted by Crippen LogP contribution is -2.30. The van der Waals surface area contributed by atoms with Gasteiger partial charge in [-0.1, -0.05) is 50.1 Å². The molecule has 0 aromatic heterocycles. The number of nitrogens with zero attached hydrogens (tertiary/aromatic N) is 1. The van der Waals surface area contributed by atoms with Gasteiger partial charge in [-0.15, -0.1) is 0 Å². The van der Waals surface area contributed by atoms with Crippen molar-refractivity contribution in [1.29, 1.82) is 0 Å². The first-order valence-corrected chi connectivity index (χ1v) is 10.8. The van der Waals surface area contributed by atoms with E-state index in [0.717, 1.165) is 31.2 Å². The molecule has 0 amide bonds. The van der Waals surface area contributed by atoms with Crippen LogP contribution in [0.5, 0.6) is 0 Å². The number of hydrogen-bond donors (Lipinski definition) is 2. The summed E-state index contributed by atoms with van der Waals surface area (Å²) in [6.45, 7) is 2.65. The van der Waals surface area contributed by atoms with E-state index in [2.05, 4.69) is 47.6 Å². The molecule has 0 atom stereocenters. The summed E-state index contributed by atoms with van der Waals surface area (Å²) in [6, 6.07) is 12.8. The van der Waals surface area contributed by atoms with Gasteiger partial charge in [0, 0.05) is 5.56 Å². The van der Waals surface area contributed by atoms with Gasteiger partial charge in [-0.25, -0.2) is 9.38 Å². The number of aliphatic imine (C=N–C) groups is 1. The number of nitrogens with one attached hydrogen (secondary N) is 1. The summed E-state index contributed by atoms with van der Waals surface area (Å²) in [4.78, 5) is 4.16. The monoisotopic (exact) mass is 391 g/mol. The van der Waals surface area contributed by atoms with E-state index in [-0.39, 0.29) is 5.82 Å². The Hall–Kier alpha value is -2.62. The molecule has 3 N–H and O–H groups in total. The molecule has 0 saturated heterocycles. The zero-order valence-electron chi connectivity index (χ0n) is 17.2. The summed E-state index contributed by atoms with van der Waals surface area (Å²) < 4.78 is 15.6. The van der Waals surface area contributed by atoms with E-state index >= 15 is 4.39 Å². The Labute approximate surface area is 172 Å². The fraction of sp³-hybridized carbons (Fsp3) is 0.400. The van der Waals surface area contributed by atoms with Crippen LogP contribution in [0.3, 0.4) is 0 Å². The van der Waals surface area contributed by atoms with Gasteiger partial charge >= 0.3 is 0 Å². The first-order chi connectivity index (χ1) is 14.2. The van der Waals surface area contributed by atoms with E-state index in [1.807, 2.05) is 6.07 Å². The van der Waals surface area contributed by atoms with Crippen LogP contribution in [-0.2, 0) is 19.3 Å². The second-order valence-corrected chi connectivity index (χ2v) is 8.21. The molecule has 0 spiro atoms. The zero-order chi connectivity index (χ0) is 20.2. The van der Waals surface area contributed by atoms with Crippen LogP contribution < -0.4 is 11.1 Å². The van der Waals surface area contributed by atoms with Crippen molar-refractivity contribution in [1.82, 2.24) is 5.32 Å². The minimum absolute atomic E-state index is 0.105. The average molecular weight is 392 g/mol. The fourth-order valence-corrected chi connectivity index (χ4v) is 4.22. The average Bonchev–Trinajstić information content (AvgIpc) is 2.69. The highest BCUT2D eigenvalue weighted by atomic mass is 19.1. The summed E-state index contributed by atoms with van der Waals surface area (Å²) in [5.41, 5.74) is 11.7. The molecule has 1 fully saturated rings. The van der Waals surface area contributed by atoms with Gasteiger partial charge in [0.2, 0.25) is 0 Å². The zero-order valence-corrected chi connectivity index (χ0v) is 17.2. The Balaban J connectivity index is 1.60. The van der Waals surface area contributed by atoms with Gasteiger partial charge in [0.15, 0.2) is 0 Å². The molecule has 1 aliphatic carbocycles. The smallest absolute Gasteiger partial charge is 0.136 e. The van der Waals surface area contributed by atoms with Crippen LogP contribution in [0.25, 0.3) is 5.70 Å². The normalized spacial score (nSPS) is 16.6. The molecule has 152 valence electrons. The maximum absolute atomic E-state index is 15.6. The van der Waals surface area contributed by atoms with Crippen LogP contribution in [-0.4, -0.2) is 12.4 Å². The largest absolute Gasteiger partial charge is 0.386 e. The third-order valence-corrected chi connectivity index (χ3v) is 6.16. The van der Waals surface area contributed by atoms with Crippen molar-refractivity contribution in [2.24, 2.45) is 10.7 Å². The maximum Gasteiger partial charge on any atom is 0.136 e. The van der Waals surface area contributed by atoms with Crippen molar-refractivity contribution < 1.29 is 4.39 Å². The Bertz CT molecular complexity index is 924. The molecule has 0 radical (unpaired) electrons. The Morgan fingerprint density at radius 3 is 2.34 bits per heavy atom. The predicted octanol–water partition coefficient (Wildman–Crippen LogP) is 5.09. The van der Waals surface area contributed by atoms with E-state index in [4.69, 9.17) is 5.73 Å². The van der Waals surface area contributed by atoms with Crippen molar-refractivity contribution >= 4 is 11.5 Å². The fourth-order valence-electron chi connectivity index (χ4n) is 4.22. The van der Waals surface area contributed by atoms with E-state index in [1.54, 1.807) is 6.20 Å². The predicted molar refractivity (Wildman–Crippen MR) is 118 cm³/mol. The summed E-state index contributed by atoms with van der Waals surface area (Å²) in [7, 11) is 0. The molecule has 4 heteroatoms. The van der Waals surface area contributed by atoms with Crippen molar-refractivity contribution in [2.45, 2.75) is 57.8 Å². The Morgan fingerprint density at radius 1 is 1.03 bits per heavy atom. The van der Waals surface area contributed by atoms with Crippen LogP contribution in [0.4, 0.5) is 4.39 Å². The number of rotatable bonds is 7. The topological polar surface area (TPSA) is 50.4 Å². The van der Waals surface area contributed by atoms with Gasteiger partial charge in [-0.3, -0.25) is 0 Å². The molecule has 0 bridgehead atoms. The number of amidine groups is 1. The summed E-state index contributed by atoms with van der Waals surface area (Å²) >= 11 is 0. The minimum atomic E-state index is -0.105. The van der Waals surface area contributed by atoms with Crippen molar-refractivity contribution in [3.63, 3.8) is 0 Å². The lowest BCUT2D eigenvalue weighted by molar-refractivity contribution is 0.414. The van der Waals surface area contributed by atoms with Crippen molar-refractivity contribution in [3.05, 3.63) is 76.2 Å². The molecule has 2 aliphatic rings. The van der Waals surface area contributed by atoms with E-state index < -0.39 is 0 Å². The highest BCUT2D eigenvalue weighted by Crippen LogP contribution is 2.40. The number of nitrogens with two attached hydrogens (primary N) is 1. The first kappa shape index (κ1) is 19.7. The van der Waals surface area contributed by atoms with Crippen molar-refractivity contribution in [3.8, 4) is 0 Å². The lowest BCUT2D eigenvalue weighted by Gasteiger charge is -2.29. The van der Waals surface area contributed by atoms with Gasteiger partial charge in [-0.2, -0.15) is 0 Å². The number of benzene rings is 2. The van der Waals surface area contributed by atoms with Gasteiger partial charge in [-0.05, 0) is 66.3 Å². The molecule has 4 rings (SSSR count). The van der Waals surface area contributed by atoms with Crippen LogP contribution >= 0.6 is 0 Å². The molecule has 1 aliphatic heterocycles. The van der Waals surface area contributed by atoms with Crippen LogP contribution in [0.15, 0.2) is 47.6 Å².